The summed E-state index contributed by atoms with van der Waals surface area (Å²) in [7, 11) is 0. The van der Waals surface area contributed by atoms with Crippen molar-refractivity contribution in [2.24, 2.45) is 5.92 Å². The first-order chi connectivity index (χ1) is 10.7. The van der Waals surface area contributed by atoms with E-state index in [1.54, 1.807) is 0 Å². The standard InChI is InChI=1S/C14H22N4O2S2/c1-21-13-15-12(22-17-13)16-14(20)18-8-4-6-10(18)9-5-2-3-7-11(9)19/h9-11,19H,2-8H2,1H3,(H,15,16,17,20). The number of hydrogen-bond donors (Lipinski definition) is 2. The van der Waals surface area contributed by atoms with E-state index in [1.807, 2.05) is 11.2 Å². The van der Waals surface area contributed by atoms with Gasteiger partial charge in [-0.3, -0.25) is 5.32 Å². The third-order valence-corrected chi connectivity index (χ3v) is 5.93. The van der Waals surface area contributed by atoms with Crippen molar-refractivity contribution in [2.45, 2.75) is 55.8 Å². The Hall–Kier alpha value is -0.860. The fourth-order valence-corrected chi connectivity index (χ4v) is 4.70. The van der Waals surface area contributed by atoms with Crippen LogP contribution in [0.4, 0.5) is 9.93 Å². The van der Waals surface area contributed by atoms with Gasteiger partial charge in [-0.15, -0.1) is 0 Å². The summed E-state index contributed by atoms with van der Waals surface area (Å²) in [5, 5.41) is 14.4. The van der Waals surface area contributed by atoms with Crippen molar-refractivity contribution in [2.75, 3.05) is 18.1 Å². The maximum atomic E-state index is 12.5. The predicted molar refractivity (Wildman–Crippen MR) is 88.4 cm³/mol. The molecule has 6 nitrogen and oxygen atoms in total. The van der Waals surface area contributed by atoms with Crippen molar-refractivity contribution in [1.29, 1.82) is 0 Å². The maximum absolute atomic E-state index is 12.5. The van der Waals surface area contributed by atoms with Crippen LogP contribution in [0.1, 0.15) is 38.5 Å². The van der Waals surface area contributed by atoms with Crippen LogP contribution < -0.4 is 5.32 Å². The Morgan fingerprint density at radius 2 is 2.18 bits per heavy atom. The average molecular weight is 342 g/mol. The number of aromatic nitrogens is 2. The molecule has 1 aromatic rings. The number of aliphatic hydroxyl groups is 1. The van der Waals surface area contributed by atoms with Crippen molar-refractivity contribution in [3.05, 3.63) is 0 Å². The molecular weight excluding hydrogens is 320 g/mol. The number of thioether (sulfide) groups is 1. The zero-order chi connectivity index (χ0) is 15.5. The van der Waals surface area contributed by atoms with Crippen LogP contribution in [0.2, 0.25) is 0 Å². The lowest BCUT2D eigenvalue weighted by molar-refractivity contribution is 0.0320. The van der Waals surface area contributed by atoms with E-state index in [9.17, 15) is 9.90 Å². The number of nitrogens with one attached hydrogen (secondary N) is 1. The van der Waals surface area contributed by atoms with Gasteiger partial charge in [0.15, 0.2) is 0 Å². The molecule has 1 saturated heterocycles. The molecule has 2 fully saturated rings. The molecule has 1 aliphatic carbocycles. The molecule has 2 N–H and O–H groups in total. The summed E-state index contributed by atoms with van der Waals surface area (Å²) in [5.74, 6) is 0.221. The summed E-state index contributed by atoms with van der Waals surface area (Å²) in [6.07, 6.45) is 7.77. The van der Waals surface area contributed by atoms with Crippen LogP contribution in [-0.2, 0) is 0 Å². The minimum absolute atomic E-state index is 0.107. The van der Waals surface area contributed by atoms with E-state index in [2.05, 4.69) is 14.7 Å². The van der Waals surface area contributed by atoms with E-state index < -0.39 is 0 Å². The van der Waals surface area contributed by atoms with Gasteiger partial charge in [0.2, 0.25) is 10.3 Å². The number of urea groups is 1. The fraction of sp³-hybridized carbons (Fsp3) is 0.786. The molecule has 0 radical (unpaired) electrons. The number of anilines is 1. The van der Waals surface area contributed by atoms with Gasteiger partial charge in [0.25, 0.3) is 0 Å². The smallest absolute Gasteiger partial charge is 0.323 e. The van der Waals surface area contributed by atoms with Crippen LogP contribution in [0.15, 0.2) is 5.16 Å². The van der Waals surface area contributed by atoms with E-state index in [4.69, 9.17) is 0 Å². The van der Waals surface area contributed by atoms with E-state index >= 15 is 0 Å². The number of amides is 2. The molecule has 1 saturated carbocycles. The van der Waals surface area contributed by atoms with Gasteiger partial charge in [-0.1, -0.05) is 24.6 Å². The molecule has 122 valence electrons. The molecule has 8 heteroatoms. The van der Waals surface area contributed by atoms with Crippen LogP contribution in [0, 0.1) is 5.92 Å². The van der Waals surface area contributed by atoms with Crippen LogP contribution >= 0.6 is 23.3 Å². The summed E-state index contributed by atoms with van der Waals surface area (Å²) < 4.78 is 4.16. The van der Waals surface area contributed by atoms with Crippen molar-refractivity contribution >= 4 is 34.5 Å². The Bertz CT molecular complexity index is 525. The van der Waals surface area contributed by atoms with Gasteiger partial charge in [0.1, 0.15) is 0 Å². The highest BCUT2D eigenvalue weighted by atomic mass is 32.2. The Morgan fingerprint density at radius 3 is 2.91 bits per heavy atom. The Morgan fingerprint density at radius 1 is 1.36 bits per heavy atom. The van der Waals surface area contributed by atoms with Gasteiger partial charge in [0, 0.05) is 30.0 Å². The molecule has 1 aromatic heterocycles. The van der Waals surface area contributed by atoms with Gasteiger partial charge in [0.05, 0.1) is 6.10 Å². The number of nitrogens with zero attached hydrogens (tertiary/aromatic N) is 3. The number of carbonyl (C=O) groups is 1. The summed E-state index contributed by atoms with van der Waals surface area (Å²) in [6.45, 7) is 0.758. The first kappa shape index (κ1) is 16.0. The van der Waals surface area contributed by atoms with E-state index in [0.717, 1.165) is 45.1 Å². The van der Waals surface area contributed by atoms with E-state index in [0.29, 0.717) is 10.3 Å². The molecule has 3 atom stereocenters. The lowest BCUT2D eigenvalue weighted by Crippen LogP contribution is -2.46. The van der Waals surface area contributed by atoms with Crippen LogP contribution in [0.3, 0.4) is 0 Å². The number of aliphatic hydroxyl groups excluding tert-OH is 1. The van der Waals surface area contributed by atoms with Crippen LogP contribution in [-0.4, -0.2) is 50.3 Å². The quantitative estimate of drug-likeness (QED) is 0.826. The highest BCUT2D eigenvalue weighted by molar-refractivity contribution is 7.98. The molecule has 2 heterocycles. The first-order valence-electron chi connectivity index (χ1n) is 7.82. The molecule has 0 spiro atoms. The van der Waals surface area contributed by atoms with Crippen molar-refractivity contribution in [3.63, 3.8) is 0 Å². The Balaban J connectivity index is 1.65. The second kappa shape index (κ2) is 7.14. The summed E-state index contributed by atoms with van der Waals surface area (Å²) in [5.41, 5.74) is 0. The van der Waals surface area contributed by atoms with Gasteiger partial charge in [-0.25, -0.2) is 4.79 Å². The predicted octanol–water partition coefficient (Wildman–Crippen LogP) is 2.81. The number of carbonyl (C=O) groups excluding carboxylic acids is 1. The minimum atomic E-state index is -0.267. The summed E-state index contributed by atoms with van der Waals surface area (Å²) in [4.78, 5) is 18.7. The third kappa shape index (κ3) is 3.38. The second-order valence-electron chi connectivity index (χ2n) is 5.94. The second-order valence-corrected chi connectivity index (χ2v) is 7.46. The van der Waals surface area contributed by atoms with Crippen molar-refractivity contribution in [1.82, 2.24) is 14.3 Å². The lowest BCUT2D eigenvalue weighted by Gasteiger charge is -2.36. The number of likely N-dealkylation sites (tertiary alicyclic amines) is 1. The normalized spacial score (nSPS) is 28.8. The SMILES string of the molecule is CSc1nsc(NC(=O)N2CCCC2C2CCCCC2O)n1. The Kier molecular flexibility index (Phi) is 5.20. The van der Waals surface area contributed by atoms with Gasteiger partial charge in [-0.2, -0.15) is 9.36 Å². The van der Waals surface area contributed by atoms with Crippen molar-refractivity contribution in [3.8, 4) is 0 Å². The fourth-order valence-electron chi connectivity index (χ4n) is 3.59. The van der Waals surface area contributed by atoms with Crippen LogP contribution in [0.5, 0.6) is 0 Å². The van der Waals surface area contributed by atoms with Gasteiger partial charge < -0.3 is 10.0 Å². The molecule has 2 aliphatic rings. The van der Waals surface area contributed by atoms with Gasteiger partial charge >= 0.3 is 6.03 Å². The largest absolute Gasteiger partial charge is 0.393 e. The van der Waals surface area contributed by atoms with Gasteiger partial charge in [-0.05, 0) is 31.9 Å². The summed E-state index contributed by atoms with van der Waals surface area (Å²) >= 11 is 2.67. The van der Waals surface area contributed by atoms with Crippen LogP contribution in [0.25, 0.3) is 0 Å². The molecule has 1 aliphatic heterocycles. The maximum Gasteiger partial charge on any atom is 0.323 e. The molecule has 0 bridgehead atoms. The number of hydrogen-bond acceptors (Lipinski definition) is 6. The topological polar surface area (TPSA) is 78.4 Å². The molecule has 2 amide bonds. The summed E-state index contributed by atoms with van der Waals surface area (Å²) in [6, 6.07) is 0.0484. The molecular formula is C14H22N4O2S2. The van der Waals surface area contributed by atoms with E-state index in [1.165, 1.54) is 23.3 Å². The zero-order valence-electron chi connectivity index (χ0n) is 12.7. The molecule has 3 unspecified atom stereocenters. The lowest BCUT2D eigenvalue weighted by atomic mass is 9.80. The Labute approximate surface area is 138 Å². The monoisotopic (exact) mass is 342 g/mol. The molecule has 0 aromatic carbocycles. The minimum Gasteiger partial charge on any atom is -0.393 e. The van der Waals surface area contributed by atoms with Crippen molar-refractivity contribution < 1.29 is 9.90 Å². The third-order valence-electron chi connectivity index (χ3n) is 4.64. The molecule has 3 rings (SSSR count). The van der Waals surface area contributed by atoms with E-state index in [-0.39, 0.29) is 24.1 Å². The zero-order valence-corrected chi connectivity index (χ0v) is 14.3. The molecule has 22 heavy (non-hydrogen) atoms. The first-order valence-corrected chi connectivity index (χ1v) is 9.82. The average Bonchev–Trinajstić information content (AvgIpc) is 3.16. The highest BCUT2D eigenvalue weighted by Gasteiger charge is 2.39. The number of rotatable bonds is 3. The highest BCUT2D eigenvalue weighted by Crippen LogP contribution is 2.35.